The summed E-state index contributed by atoms with van der Waals surface area (Å²) in [6, 6.07) is 0.683. The van der Waals surface area contributed by atoms with Gasteiger partial charge in [0.15, 0.2) is 0 Å². The van der Waals surface area contributed by atoms with Gasteiger partial charge in [0, 0.05) is 25.2 Å². The second-order valence-corrected chi connectivity index (χ2v) is 7.12. The number of hydrogen-bond acceptors (Lipinski definition) is 3. The summed E-state index contributed by atoms with van der Waals surface area (Å²) in [5.41, 5.74) is 0. The third kappa shape index (κ3) is 3.66. The van der Waals surface area contributed by atoms with E-state index in [0.717, 1.165) is 44.9 Å². The first kappa shape index (κ1) is 14.2. The van der Waals surface area contributed by atoms with Crippen molar-refractivity contribution in [1.29, 1.82) is 0 Å². The highest BCUT2D eigenvalue weighted by Gasteiger charge is 2.28. The third-order valence-electron chi connectivity index (χ3n) is 4.11. The van der Waals surface area contributed by atoms with Crippen molar-refractivity contribution in [3.63, 3.8) is 0 Å². The number of hydrogen-bond donors (Lipinski definition) is 2. The fourth-order valence-electron chi connectivity index (χ4n) is 2.89. The molecule has 2 N–H and O–H groups in total. The van der Waals surface area contributed by atoms with Gasteiger partial charge in [0.1, 0.15) is 0 Å². The summed E-state index contributed by atoms with van der Waals surface area (Å²) >= 11 is 0. The Kier molecular flexibility index (Phi) is 5.00. The summed E-state index contributed by atoms with van der Waals surface area (Å²) in [6.45, 7) is 1.36. The fourth-order valence-corrected chi connectivity index (χ4v) is 4.44. The van der Waals surface area contributed by atoms with Crippen LogP contribution in [0.3, 0.4) is 0 Å². The topological polar surface area (TPSA) is 61.4 Å². The zero-order chi connectivity index (χ0) is 13.0. The lowest BCUT2D eigenvalue weighted by Crippen LogP contribution is -2.49. The summed E-state index contributed by atoms with van der Waals surface area (Å²) in [5, 5.41) is 3.26. The average molecular weight is 275 g/mol. The molecule has 1 aliphatic carbocycles. The van der Waals surface area contributed by atoms with Crippen molar-refractivity contribution in [2.24, 2.45) is 0 Å². The predicted octanol–water partition coefficient (Wildman–Crippen LogP) is 0.837. The van der Waals surface area contributed by atoms with Gasteiger partial charge in [-0.2, -0.15) is 17.4 Å². The van der Waals surface area contributed by atoms with Crippen LogP contribution < -0.4 is 10.0 Å². The zero-order valence-corrected chi connectivity index (χ0v) is 12.0. The van der Waals surface area contributed by atoms with Crippen LogP contribution >= 0.6 is 0 Å². The van der Waals surface area contributed by atoms with Gasteiger partial charge in [0.25, 0.3) is 10.2 Å². The molecule has 0 aromatic heterocycles. The van der Waals surface area contributed by atoms with Gasteiger partial charge in [-0.15, -0.1) is 0 Å². The van der Waals surface area contributed by atoms with Crippen molar-refractivity contribution in [2.75, 3.05) is 20.1 Å². The molecular formula is C12H25N3O2S. The molecular weight excluding hydrogens is 250 g/mol. The van der Waals surface area contributed by atoms with Crippen molar-refractivity contribution >= 4 is 10.2 Å². The van der Waals surface area contributed by atoms with Gasteiger partial charge >= 0.3 is 0 Å². The summed E-state index contributed by atoms with van der Waals surface area (Å²) in [4.78, 5) is 0. The Morgan fingerprint density at radius 3 is 2.06 bits per heavy atom. The Balaban J connectivity index is 1.84. The van der Waals surface area contributed by atoms with Gasteiger partial charge in [-0.05, 0) is 45.6 Å². The molecule has 5 nitrogen and oxygen atoms in total. The minimum Gasteiger partial charge on any atom is -0.317 e. The van der Waals surface area contributed by atoms with Gasteiger partial charge in [-0.3, -0.25) is 0 Å². The Hall–Kier alpha value is -0.170. The van der Waals surface area contributed by atoms with E-state index in [4.69, 9.17) is 0 Å². The zero-order valence-electron chi connectivity index (χ0n) is 11.2. The highest BCUT2D eigenvalue weighted by atomic mass is 32.2. The lowest BCUT2D eigenvalue weighted by molar-refractivity contribution is 0.315. The maximum atomic E-state index is 12.2. The molecule has 1 aliphatic heterocycles. The summed E-state index contributed by atoms with van der Waals surface area (Å²) < 4.78 is 28.9. The van der Waals surface area contributed by atoms with Gasteiger partial charge < -0.3 is 5.32 Å². The summed E-state index contributed by atoms with van der Waals surface area (Å²) in [7, 11) is -1.27. The van der Waals surface area contributed by atoms with E-state index in [2.05, 4.69) is 10.0 Å². The average Bonchev–Trinajstić information content (AvgIpc) is 2.40. The van der Waals surface area contributed by atoms with Crippen molar-refractivity contribution < 1.29 is 8.42 Å². The van der Waals surface area contributed by atoms with E-state index in [1.807, 2.05) is 7.05 Å². The summed E-state index contributed by atoms with van der Waals surface area (Å²) in [6.07, 6.45) is 7.14. The van der Waals surface area contributed by atoms with Gasteiger partial charge in [0.05, 0.1) is 0 Å². The van der Waals surface area contributed by atoms with Crippen LogP contribution in [0.1, 0.15) is 44.9 Å². The van der Waals surface area contributed by atoms with Crippen molar-refractivity contribution in [3.05, 3.63) is 0 Å². The van der Waals surface area contributed by atoms with Gasteiger partial charge in [0.2, 0.25) is 0 Å². The van der Waals surface area contributed by atoms with Crippen LogP contribution in [0.4, 0.5) is 0 Å². The minimum atomic E-state index is -3.24. The van der Waals surface area contributed by atoms with Crippen LogP contribution in [0.2, 0.25) is 0 Å². The van der Waals surface area contributed by atoms with Crippen LogP contribution in [-0.2, 0) is 10.2 Å². The van der Waals surface area contributed by atoms with E-state index >= 15 is 0 Å². The molecule has 0 aromatic carbocycles. The first-order valence-corrected chi connectivity index (χ1v) is 8.50. The highest BCUT2D eigenvalue weighted by Crippen LogP contribution is 2.20. The first-order chi connectivity index (χ1) is 8.62. The molecule has 2 rings (SSSR count). The van der Waals surface area contributed by atoms with Crippen LogP contribution in [0.15, 0.2) is 0 Å². The minimum absolute atomic E-state index is 0.126. The van der Waals surface area contributed by atoms with E-state index < -0.39 is 10.2 Å². The second-order valence-electron chi connectivity index (χ2n) is 5.42. The molecule has 1 saturated heterocycles. The quantitative estimate of drug-likeness (QED) is 0.799. The molecule has 0 spiro atoms. The van der Waals surface area contributed by atoms with Crippen LogP contribution in [0.5, 0.6) is 0 Å². The van der Waals surface area contributed by atoms with E-state index in [-0.39, 0.29) is 6.04 Å². The molecule has 6 heteroatoms. The summed E-state index contributed by atoms with van der Waals surface area (Å²) in [5.74, 6) is 0. The van der Waals surface area contributed by atoms with Crippen molar-refractivity contribution in [1.82, 2.24) is 14.3 Å². The number of nitrogens with one attached hydrogen (secondary N) is 2. The number of nitrogens with zero attached hydrogens (tertiary/aromatic N) is 1. The molecule has 0 bridgehead atoms. The maximum absolute atomic E-state index is 12.2. The maximum Gasteiger partial charge on any atom is 0.279 e. The fraction of sp³-hybridized carbons (Fsp3) is 1.00. The van der Waals surface area contributed by atoms with Gasteiger partial charge in [-0.25, -0.2) is 0 Å². The number of piperidine rings is 1. The monoisotopic (exact) mass is 275 g/mol. The van der Waals surface area contributed by atoms with Crippen molar-refractivity contribution in [3.8, 4) is 0 Å². The Bertz CT molecular complexity index is 344. The van der Waals surface area contributed by atoms with E-state index in [1.54, 1.807) is 4.31 Å². The molecule has 0 radical (unpaired) electrons. The molecule has 1 heterocycles. The normalized spacial score (nSPS) is 31.4. The SMILES string of the molecule is CNC1CCC(NS(=O)(=O)N2CCCCC2)CC1. The number of rotatable bonds is 4. The Morgan fingerprint density at radius 2 is 1.50 bits per heavy atom. The molecule has 0 unspecified atom stereocenters. The Morgan fingerprint density at radius 1 is 0.944 bits per heavy atom. The van der Waals surface area contributed by atoms with Crippen molar-refractivity contribution in [2.45, 2.75) is 57.0 Å². The molecule has 106 valence electrons. The molecule has 0 atom stereocenters. The molecule has 1 saturated carbocycles. The molecule has 2 aliphatic rings. The largest absolute Gasteiger partial charge is 0.317 e. The van der Waals surface area contributed by atoms with Crippen LogP contribution in [0, 0.1) is 0 Å². The molecule has 0 aromatic rings. The third-order valence-corrected chi connectivity index (χ3v) is 5.78. The molecule has 0 amide bonds. The van der Waals surface area contributed by atoms with Crippen LogP contribution in [-0.4, -0.2) is 44.9 Å². The Labute approximate surface area is 110 Å². The first-order valence-electron chi connectivity index (χ1n) is 7.06. The molecule has 18 heavy (non-hydrogen) atoms. The lowest BCUT2D eigenvalue weighted by atomic mass is 9.92. The van der Waals surface area contributed by atoms with Crippen LogP contribution in [0.25, 0.3) is 0 Å². The standard InChI is InChI=1S/C12H25N3O2S/c1-13-11-5-7-12(8-6-11)14-18(16,17)15-9-3-2-4-10-15/h11-14H,2-10H2,1H3. The van der Waals surface area contributed by atoms with E-state index in [0.29, 0.717) is 19.1 Å². The second kappa shape index (κ2) is 6.32. The van der Waals surface area contributed by atoms with Gasteiger partial charge in [-0.1, -0.05) is 6.42 Å². The molecule has 2 fully saturated rings. The van der Waals surface area contributed by atoms with E-state index in [9.17, 15) is 8.42 Å². The highest BCUT2D eigenvalue weighted by molar-refractivity contribution is 7.87. The lowest BCUT2D eigenvalue weighted by Gasteiger charge is -2.32. The van der Waals surface area contributed by atoms with E-state index in [1.165, 1.54) is 0 Å². The smallest absolute Gasteiger partial charge is 0.279 e. The predicted molar refractivity (Wildman–Crippen MR) is 72.6 cm³/mol.